The Bertz CT molecular complexity index is 1530. The van der Waals surface area contributed by atoms with Crippen molar-refractivity contribution >= 4 is 29.0 Å². The van der Waals surface area contributed by atoms with Crippen LogP contribution in [0.5, 0.6) is 5.88 Å². The van der Waals surface area contributed by atoms with Gasteiger partial charge in [0.25, 0.3) is 5.91 Å². The van der Waals surface area contributed by atoms with Crippen LogP contribution in [0.15, 0.2) is 34.2 Å². The quantitative estimate of drug-likeness (QED) is 0.270. The van der Waals surface area contributed by atoms with Gasteiger partial charge in [0.15, 0.2) is 11.1 Å². The molecular formula is C22H23N7O4S. The first-order valence-electron chi connectivity index (χ1n) is 10.8. The average Bonchev–Trinajstić information content (AvgIpc) is 3.19. The normalized spacial score (nSPS) is 14.9. The summed E-state index contributed by atoms with van der Waals surface area (Å²) in [6.07, 6.45) is 6.01. The average molecular weight is 482 g/mol. The van der Waals surface area contributed by atoms with E-state index in [-0.39, 0.29) is 23.5 Å². The Morgan fingerprint density at radius 2 is 2.26 bits per heavy atom. The highest BCUT2D eigenvalue weighted by Gasteiger charge is 2.21. The number of hydrogen-bond acceptors (Lipinski definition) is 8. The molecule has 0 aliphatic heterocycles. The highest BCUT2D eigenvalue weighted by molar-refractivity contribution is 7.17. The monoisotopic (exact) mass is 481 g/mol. The molecule has 34 heavy (non-hydrogen) atoms. The maximum absolute atomic E-state index is 12.5. The summed E-state index contributed by atoms with van der Waals surface area (Å²) in [5.74, 6) is -0.399. The summed E-state index contributed by atoms with van der Waals surface area (Å²) in [6.45, 7) is 1.13. The van der Waals surface area contributed by atoms with Crippen LogP contribution in [0.25, 0.3) is 22.3 Å². The minimum absolute atomic E-state index is 0.137. The van der Waals surface area contributed by atoms with Gasteiger partial charge in [0, 0.05) is 31.5 Å². The smallest absolute Gasteiger partial charge is 0.326 e. The Kier molecular flexibility index (Phi) is 5.99. The fourth-order valence-corrected chi connectivity index (χ4v) is 4.31. The van der Waals surface area contributed by atoms with E-state index in [1.165, 1.54) is 11.3 Å². The molecule has 4 aromatic heterocycles. The number of aromatic hydroxyl groups is 1. The van der Waals surface area contributed by atoms with Crippen molar-refractivity contribution in [1.82, 2.24) is 29.9 Å². The zero-order valence-corrected chi connectivity index (χ0v) is 19.2. The van der Waals surface area contributed by atoms with Crippen LogP contribution in [0.3, 0.4) is 0 Å². The summed E-state index contributed by atoms with van der Waals surface area (Å²) in [5, 5.41) is 17.9. The summed E-state index contributed by atoms with van der Waals surface area (Å²) < 4.78 is 6.65. The molecular weight excluding hydrogens is 458 g/mol. The highest BCUT2D eigenvalue weighted by Crippen LogP contribution is 2.27. The molecule has 0 bridgehead atoms. The molecule has 12 heteroatoms. The van der Waals surface area contributed by atoms with E-state index in [0.717, 1.165) is 24.1 Å². The number of ether oxygens (including phenoxy) is 1. The molecule has 1 aliphatic rings. The number of carbonyl (C=O) groups is 1. The first kappa shape index (κ1) is 22.0. The summed E-state index contributed by atoms with van der Waals surface area (Å²) in [5.41, 5.74) is 1.57. The zero-order valence-electron chi connectivity index (χ0n) is 18.4. The minimum Gasteiger partial charge on any atom is -0.493 e. The van der Waals surface area contributed by atoms with E-state index < -0.39 is 5.69 Å². The van der Waals surface area contributed by atoms with E-state index in [1.54, 1.807) is 30.0 Å². The number of nitrogens with one attached hydrogen (secondary N) is 3. The van der Waals surface area contributed by atoms with Crippen LogP contribution < -0.4 is 21.7 Å². The molecule has 0 atom stereocenters. The van der Waals surface area contributed by atoms with Crippen molar-refractivity contribution in [1.29, 1.82) is 0 Å². The molecule has 1 amide bonds. The van der Waals surface area contributed by atoms with Crippen LogP contribution in [-0.2, 0) is 4.74 Å². The fourth-order valence-electron chi connectivity index (χ4n) is 3.43. The van der Waals surface area contributed by atoms with Gasteiger partial charge < -0.3 is 20.1 Å². The van der Waals surface area contributed by atoms with Crippen molar-refractivity contribution in [2.45, 2.75) is 25.3 Å². The standard InChI is InChI=1S/C22H23N7O4S/c1-33-8-2-7-23-21(31)17-6-5-16(34-17)14-10-18(25-13-3-4-13)29-19(26-14)12(11-24-29)9-15-20(30)28-22(32)27-15/h5-6,9-11,13,30H,2-4,7-8H2,1H3,(H,23,31)(H2,27,28,32)/b12-9-,25-18?. The lowest BCUT2D eigenvalue weighted by Crippen LogP contribution is -2.24. The van der Waals surface area contributed by atoms with E-state index >= 15 is 0 Å². The van der Waals surface area contributed by atoms with Gasteiger partial charge in [-0.05, 0) is 37.5 Å². The predicted octanol–water partition coefficient (Wildman–Crippen LogP) is 0.557. The SMILES string of the molecule is COCCCNC(=O)c1ccc(-c2cc(=NC3CC3)n3nc/c(=C/c4[nH]c(=O)[nH]c4O)c3n2)s1. The number of H-pyrrole nitrogens is 2. The third kappa shape index (κ3) is 4.63. The van der Waals surface area contributed by atoms with Gasteiger partial charge in [-0.3, -0.25) is 14.8 Å². The van der Waals surface area contributed by atoms with Crippen LogP contribution in [0.2, 0.25) is 0 Å². The molecule has 5 rings (SSSR count). The molecule has 0 spiro atoms. The number of imidazole rings is 1. The number of thiophene rings is 1. The number of carbonyl (C=O) groups excluding carboxylic acids is 1. The zero-order chi connectivity index (χ0) is 23.7. The van der Waals surface area contributed by atoms with E-state index in [9.17, 15) is 14.7 Å². The Balaban J connectivity index is 1.55. The van der Waals surface area contributed by atoms with Gasteiger partial charge in [0.2, 0.25) is 5.88 Å². The largest absolute Gasteiger partial charge is 0.493 e. The van der Waals surface area contributed by atoms with Gasteiger partial charge in [-0.1, -0.05) is 0 Å². The first-order valence-corrected chi connectivity index (χ1v) is 11.7. The lowest BCUT2D eigenvalue weighted by molar-refractivity contribution is 0.0952. The molecule has 11 nitrogen and oxygen atoms in total. The maximum atomic E-state index is 12.5. The molecule has 0 radical (unpaired) electrons. The van der Waals surface area contributed by atoms with Gasteiger partial charge in [0.05, 0.1) is 27.7 Å². The molecule has 4 aromatic rings. The number of methoxy groups -OCH3 is 1. The number of hydrogen-bond donors (Lipinski definition) is 4. The number of rotatable bonds is 8. The third-order valence-corrected chi connectivity index (χ3v) is 6.38. The topological polar surface area (TPSA) is 150 Å². The number of amides is 1. The molecule has 1 fully saturated rings. The van der Waals surface area contributed by atoms with Crippen LogP contribution in [0.1, 0.15) is 34.6 Å². The summed E-state index contributed by atoms with van der Waals surface area (Å²) in [7, 11) is 1.63. The summed E-state index contributed by atoms with van der Waals surface area (Å²) in [4.78, 5) is 39.8. The molecule has 0 unspecified atom stereocenters. The molecule has 0 saturated heterocycles. The Hall–Kier alpha value is -3.77. The summed E-state index contributed by atoms with van der Waals surface area (Å²) >= 11 is 1.35. The maximum Gasteiger partial charge on any atom is 0.326 e. The van der Waals surface area contributed by atoms with E-state index in [0.29, 0.717) is 40.1 Å². The molecule has 4 heterocycles. The molecule has 1 aliphatic carbocycles. The van der Waals surface area contributed by atoms with E-state index in [2.05, 4.69) is 20.4 Å². The molecule has 176 valence electrons. The van der Waals surface area contributed by atoms with Crippen molar-refractivity contribution < 1.29 is 14.6 Å². The molecule has 4 N–H and O–H groups in total. The van der Waals surface area contributed by atoms with Crippen LogP contribution in [0, 0.1) is 0 Å². The highest BCUT2D eigenvalue weighted by atomic mass is 32.1. The van der Waals surface area contributed by atoms with Gasteiger partial charge >= 0.3 is 5.69 Å². The second kappa shape index (κ2) is 9.23. The van der Waals surface area contributed by atoms with E-state index in [1.807, 2.05) is 12.1 Å². The van der Waals surface area contributed by atoms with Crippen molar-refractivity contribution in [3.8, 4) is 16.5 Å². The summed E-state index contributed by atoms with van der Waals surface area (Å²) in [6, 6.07) is 5.77. The van der Waals surface area contributed by atoms with Gasteiger partial charge in [-0.15, -0.1) is 11.3 Å². The molecule has 1 saturated carbocycles. The van der Waals surface area contributed by atoms with Gasteiger partial charge in [0.1, 0.15) is 5.69 Å². The predicted molar refractivity (Wildman–Crippen MR) is 126 cm³/mol. The van der Waals surface area contributed by atoms with Crippen molar-refractivity contribution in [3.05, 3.63) is 56.2 Å². The lowest BCUT2D eigenvalue weighted by atomic mass is 10.3. The van der Waals surface area contributed by atoms with Crippen LogP contribution >= 0.6 is 11.3 Å². The number of aromatic amines is 2. The number of fused-ring (bicyclic) bond motifs is 1. The Morgan fingerprint density at radius 3 is 3.00 bits per heavy atom. The van der Waals surface area contributed by atoms with Crippen LogP contribution in [-0.4, -0.2) is 61.9 Å². The van der Waals surface area contributed by atoms with Gasteiger partial charge in [-0.2, -0.15) is 9.61 Å². The third-order valence-electron chi connectivity index (χ3n) is 5.27. The van der Waals surface area contributed by atoms with Crippen molar-refractivity contribution in [3.63, 3.8) is 0 Å². The van der Waals surface area contributed by atoms with Crippen LogP contribution in [0.4, 0.5) is 0 Å². The minimum atomic E-state index is -0.509. The van der Waals surface area contributed by atoms with E-state index in [4.69, 9.17) is 14.7 Å². The Morgan fingerprint density at radius 1 is 1.41 bits per heavy atom. The number of nitrogens with zero attached hydrogens (tertiary/aromatic N) is 4. The first-order chi connectivity index (χ1) is 16.5. The lowest BCUT2D eigenvalue weighted by Gasteiger charge is -2.03. The van der Waals surface area contributed by atoms with Crippen molar-refractivity contribution in [2.24, 2.45) is 4.99 Å². The fraction of sp³-hybridized carbons (Fsp3) is 0.318. The van der Waals surface area contributed by atoms with Crippen molar-refractivity contribution in [2.75, 3.05) is 20.3 Å². The molecule has 0 aromatic carbocycles. The Labute approximate surface area is 196 Å². The number of aromatic nitrogens is 5. The second-order valence-corrected chi connectivity index (χ2v) is 9.03. The van der Waals surface area contributed by atoms with Gasteiger partial charge in [-0.25, -0.2) is 9.78 Å². The second-order valence-electron chi connectivity index (χ2n) is 7.95.